The van der Waals surface area contributed by atoms with E-state index >= 15 is 0 Å². The maximum Gasteiger partial charge on any atom is 0.317 e. The van der Waals surface area contributed by atoms with E-state index in [4.69, 9.17) is 4.74 Å². The van der Waals surface area contributed by atoms with Crippen LogP contribution in [0.15, 0.2) is 18.2 Å². The van der Waals surface area contributed by atoms with Gasteiger partial charge >= 0.3 is 6.03 Å². The quantitative estimate of drug-likeness (QED) is 0.906. The molecular weight excluding hydrogens is 306 g/mol. The number of ether oxygens (including phenoxy) is 1. The molecule has 0 aliphatic carbocycles. The number of hydrogen-bond acceptors (Lipinski definition) is 3. The predicted molar refractivity (Wildman–Crippen MR) is 89.1 cm³/mol. The molecule has 1 aromatic carbocycles. The van der Waals surface area contributed by atoms with Crippen LogP contribution < -0.4 is 10.1 Å². The molecule has 0 radical (unpaired) electrons. The van der Waals surface area contributed by atoms with Crippen molar-refractivity contribution in [3.05, 3.63) is 29.3 Å². The molecule has 3 aliphatic rings. The fourth-order valence-corrected chi connectivity index (χ4v) is 3.90. The summed E-state index contributed by atoms with van der Waals surface area (Å²) >= 11 is 0. The highest BCUT2D eigenvalue weighted by Gasteiger charge is 2.31. The summed E-state index contributed by atoms with van der Waals surface area (Å²) in [6.45, 7) is 3.74. The van der Waals surface area contributed by atoms with Gasteiger partial charge in [0.1, 0.15) is 5.75 Å². The number of fused-ring (bicyclic) bond motifs is 1. The highest BCUT2D eigenvalue weighted by atomic mass is 16.5. The van der Waals surface area contributed by atoms with Crippen molar-refractivity contribution in [3.63, 3.8) is 0 Å². The van der Waals surface area contributed by atoms with Crippen LogP contribution in [0.3, 0.4) is 0 Å². The van der Waals surface area contributed by atoms with Gasteiger partial charge in [-0.1, -0.05) is 12.1 Å². The first-order chi connectivity index (χ1) is 11.7. The molecule has 0 saturated carbocycles. The lowest BCUT2D eigenvalue weighted by Crippen LogP contribution is -2.48. The third-order valence-electron chi connectivity index (χ3n) is 5.26. The van der Waals surface area contributed by atoms with Crippen molar-refractivity contribution in [1.82, 2.24) is 15.1 Å². The van der Waals surface area contributed by atoms with Crippen molar-refractivity contribution < 1.29 is 14.3 Å². The third kappa shape index (κ3) is 2.92. The third-order valence-corrected chi connectivity index (χ3v) is 5.26. The van der Waals surface area contributed by atoms with E-state index in [1.807, 2.05) is 21.9 Å². The molecular formula is C18H23N3O3. The first kappa shape index (κ1) is 15.3. The topological polar surface area (TPSA) is 61.9 Å². The van der Waals surface area contributed by atoms with Crippen LogP contribution in [0.25, 0.3) is 0 Å². The lowest BCUT2D eigenvalue weighted by atomic mass is 10.0. The van der Waals surface area contributed by atoms with Crippen molar-refractivity contribution in [1.29, 1.82) is 0 Å². The molecule has 1 aromatic rings. The normalized spacial score (nSPS) is 20.8. The van der Waals surface area contributed by atoms with Crippen LogP contribution in [0.5, 0.6) is 5.75 Å². The fraction of sp³-hybridized carbons (Fsp3) is 0.556. The second-order valence-electron chi connectivity index (χ2n) is 6.75. The molecule has 2 fully saturated rings. The van der Waals surface area contributed by atoms with Crippen molar-refractivity contribution in [2.24, 2.45) is 0 Å². The summed E-state index contributed by atoms with van der Waals surface area (Å²) < 4.78 is 5.51. The number of nitrogens with zero attached hydrogens (tertiary/aromatic N) is 2. The highest BCUT2D eigenvalue weighted by molar-refractivity contribution is 5.79. The van der Waals surface area contributed by atoms with Crippen LogP contribution in [-0.2, 0) is 17.6 Å². The minimum atomic E-state index is 0.0418. The van der Waals surface area contributed by atoms with Crippen molar-refractivity contribution in [3.8, 4) is 5.75 Å². The smallest absolute Gasteiger partial charge is 0.317 e. The van der Waals surface area contributed by atoms with Crippen LogP contribution in [-0.4, -0.2) is 60.6 Å². The Kier molecular flexibility index (Phi) is 4.04. The van der Waals surface area contributed by atoms with Crippen molar-refractivity contribution >= 4 is 11.9 Å². The first-order valence-electron chi connectivity index (χ1n) is 8.77. The van der Waals surface area contributed by atoms with Gasteiger partial charge in [-0.3, -0.25) is 4.79 Å². The molecule has 3 aliphatic heterocycles. The minimum Gasteiger partial charge on any atom is -0.493 e. The Labute approximate surface area is 141 Å². The van der Waals surface area contributed by atoms with Crippen molar-refractivity contribution in [2.45, 2.75) is 31.7 Å². The van der Waals surface area contributed by atoms with Crippen LogP contribution in [0, 0.1) is 0 Å². The molecule has 0 bridgehead atoms. The number of rotatable bonds is 3. The number of nitrogens with one attached hydrogen (secondary N) is 1. The lowest BCUT2D eigenvalue weighted by Gasteiger charge is -2.36. The zero-order chi connectivity index (χ0) is 16.5. The van der Waals surface area contributed by atoms with E-state index in [1.165, 1.54) is 5.56 Å². The minimum absolute atomic E-state index is 0.0418. The van der Waals surface area contributed by atoms with Crippen LogP contribution in [0.1, 0.15) is 24.0 Å². The molecule has 0 unspecified atom stereocenters. The Balaban J connectivity index is 1.32. The second kappa shape index (κ2) is 6.34. The van der Waals surface area contributed by atoms with Gasteiger partial charge in [-0.25, -0.2) is 4.79 Å². The monoisotopic (exact) mass is 329 g/mol. The molecule has 0 spiro atoms. The van der Waals surface area contributed by atoms with E-state index in [0.717, 1.165) is 63.4 Å². The molecule has 24 heavy (non-hydrogen) atoms. The number of piperidine rings is 1. The molecule has 6 heteroatoms. The highest BCUT2D eigenvalue weighted by Crippen LogP contribution is 2.26. The Morgan fingerprint density at radius 2 is 2.08 bits per heavy atom. The van der Waals surface area contributed by atoms with Gasteiger partial charge in [0.2, 0.25) is 5.91 Å². The van der Waals surface area contributed by atoms with Crippen LogP contribution in [0.4, 0.5) is 4.79 Å². The molecule has 0 aromatic heterocycles. The Bertz CT molecular complexity index is 653. The molecule has 128 valence electrons. The predicted octanol–water partition coefficient (Wildman–Crippen LogP) is 1.18. The largest absolute Gasteiger partial charge is 0.493 e. The van der Waals surface area contributed by atoms with Gasteiger partial charge in [-0.15, -0.1) is 0 Å². The number of likely N-dealkylation sites (tertiary alicyclic amines) is 1. The number of carbonyl (C=O) groups is 2. The maximum absolute atomic E-state index is 12.6. The number of urea groups is 1. The molecule has 0 atom stereocenters. The summed E-state index contributed by atoms with van der Waals surface area (Å²) in [6, 6.07) is 6.38. The second-order valence-corrected chi connectivity index (χ2v) is 6.75. The Morgan fingerprint density at radius 1 is 1.25 bits per heavy atom. The zero-order valence-corrected chi connectivity index (χ0v) is 13.8. The number of hydrogen-bond donors (Lipinski definition) is 1. The summed E-state index contributed by atoms with van der Waals surface area (Å²) in [5.74, 6) is 1.13. The summed E-state index contributed by atoms with van der Waals surface area (Å²) in [7, 11) is 0. The lowest BCUT2D eigenvalue weighted by molar-refractivity contribution is -0.131. The maximum atomic E-state index is 12.6. The Morgan fingerprint density at radius 3 is 2.83 bits per heavy atom. The van der Waals surface area contributed by atoms with Gasteiger partial charge in [0, 0.05) is 38.6 Å². The van der Waals surface area contributed by atoms with Crippen molar-refractivity contribution in [2.75, 3.05) is 32.8 Å². The molecule has 1 N–H and O–H groups in total. The van der Waals surface area contributed by atoms with Gasteiger partial charge < -0.3 is 19.9 Å². The molecule has 3 heterocycles. The van der Waals surface area contributed by atoms with E-state index in [0.29, 0.717) is 6.42 Å². The molecule has 6 nitrogen and oxygen atoms in total. The summed E-state index contributed by atoms with van der Waals surface area (Å²) in [6.07, 6.45) is 3.12. The van der Waals surface area contributed by atoms with Gasteiger partial charge in [0.15, 0.2) is 0 Å². The van der Waals surface area contributed by atoms with Crippen LogP contribution >= 0.6 is 0 Å². The SMILES string of the molecule is O=C(Cc1ccc2c(c1)CCO2)N1CCC(N2CCNC2=O)CC1. The average molecular weight is 329 g/mol. The van der Waals surface area contributed by atoms with E-state index < -0.39 is 0 Å². The average Bonchev–Trinajstić information content (AvgIpc) is 3.23. The summed E-state index contributed by atoms with van der Waals surface area (Å²) in [5, 5.41) is 2.85. The molecule has 3 amide bonds. The van der Waals surface area contributed by atoms with Gasteiger partial charge in [0.05, 0.1) is 13.0 Å². The number of carbonyl (C=O) groups excluding carboxylic acids is 2. The van der Waals surface area contributed by atoms with Gasteiger partial charge in [0.25, 0.3) is 0 Å². The summed E-state index contributed by atoms with van der Waals surface area (Å²) in [5.41, 5.74) is 2.27. The van der Waals surface area contributed by atoms with Gasteiger partial charge in [-0.2, -0.15) is 0 Å². The number of amides is 3. The fourth-order valence-electron chi connectivity index (χ4n) is 3.90. The van der Waals surface area contributed by atoms with E-state index in [1.54, 1.807) is 0 Å². The number of benzene rings is 1. The zero-order valence-electron chi connectivity index (χ0n) is 13.8. The van der Waals surface area contributed by atoms with E-state index in [-0.39, 0.29) is 18.0 Å². The van der Waals surface area contributed by atoms with Gasteiger partial charge in [-0.05, 0) is 30.0 Å². The van der Waals surface area contributed by atoms with E-state index in [9.17, 15) is 9.59 Å². The first-order valence-corrected chi connectivity index (χ1v) is 8.77. The van der Waals surface area contributed by atoms with Crippen LogP contribution in [0.2, 0.25) is 0 Å². The molecule has 4 rings (SSSR count). The Hall–Kier alpha value is -2.24. The standard InChI is InChI=1S/C18H23N3O3/c22-17(12-13-1-2-16-14(11-13)5-10-24-16)20-7-3-15(4-8-20)21-9-6-19-18(21)23/h1-2,11,15H,3-10,12H2,(H,19,23). The summed E-state index contributed by atoms with van der Waals surface area (Å²) in [4.78, 5) is 28.2. The van der Waals surface area contributed by atoms with E-state index in [2.05, 4.69) is 11.4 Å². The molecule has 2 saturated heterocycles.